The molecule has 0 aromatic heterocycles. The van der Waals surface area contributed by atoms with Crippen LogP contribution in [0.25, 0.3) is 0 Å². The first-order valence-electron chi connectivity index (χ1n) is 8.58. The van der Waals surface area contributed by atoms with Crippen LogP contribution in [0.2, 0.25) is 0 Å². The van der Waals surface area contributed by atoms with Crippen molar-refractivity contribution in [2.75, 3.05) is 13.3 Å². The lowest BCUT2D eigenvalue weighted by Crippen LogP contribution is -2.46. The molecule has 1 aromatic rings. The van der Waals surface area contributed by atoms with Crippen molar-refractivity contribution in [2.45, 2.75) is 59.9 Å². The van der Waals surface area contributed by atoms with Crippen LogP contribution < -0.4 is 9.47 Å². The number of likely N-dealkylation sites (N-methyl/N-ethyl adjacent to an activating group) is 1. The number of rotatable bonds is 7. The molecule has 0 aliphatic carbocycles. The first kappa shape index (κ1) is 17.6. The Balaban J connectivity index is 2.08. The fraction of sp³-hybridized carbons (Fsp3) is 0.632. The molecule has 0 bridgehead atoms. The van der Waals surface area contributed by atoms with Gasteiger partial charge < -0.3 is 14.4 Å². The number of ether oxygens (including phenoxy) is 2. The minimum atomic E-state index is -0.298. The Morgan fingerprint density at radius 2 is 1.96 bits per heavy atom. The molecule has 4 heteroatoms. The fourth-order valence-corrected chi connectivity index (χ4v) is 3.30. The van der Waals surface area contributed by atoms with Gasteiger partial charge in [0.05, 0.1) is 0 Å². The maximum absolute atomic E-state index is 12.9. The summed E-state index contributed by atoms with van der Waals surface area (Å²) in [5, 5.41) is 0. The molecule has 1 heterocycles. The highest BCUT2D eigenvalue weighted by Crippen LogP contribution is 2.33. The normalized spacial score (nSPS) is 14.7. The Labute approximate surface area is 139 Å². The van der Waals surface area contributed by atoms with Crippen molar-refractivity contribution >= 4 is 5.91 Å². The Bertz CT molecular complexity index is 554. The van der Waals surface area contributed by atoms with E-state index in [1.54, 1.807) is 0 Å². The van der Waals surface area contributed by atoms with E-state index in [9.17, 15) is 4.79 Å². The lowest BCUT2D eigenvalue weighted by atomic mass is 9.85. The summed E-state index contributed by atoms with van der Waals surface area (Å²) in [5.41, 5.74) is 0.870. The topological polar surface area (TPSA) is 38.8 Å². The van der Waals surface area contributed by atoms with Crippen LogP contribution in [0.1, 0.15) is 53.0 Å². The summed E-state index contributed by atoms with van der Waals surface area (Å²) < 4.78 is 10.8. The third-order valence-electron chi connectivity index (χ3n) is 4.56. The molecule has 4 nitrogen and oxygen atoms in total. The number of fused-ring (bicyclic) bond motifs is 1. The van der Waals surface area contributed by atoms with Crippen LogP contribution in [-0.4, -0.2) is 30.2 Å². The van der Waals surface area contributed by atoms with Gasteiger partial charge in [0.15, 0.2) is 11.5 Å². The Morgan fingerprint density at radius 3 is 2.61 bits per heavy atom. The van der Waals surface area contributed by atoms with E-state index in [4.69, 9.17) is 9.47 Å². The number of benzene rings is 1. The molecule has 0 fully saturated rings. The highest BCUT2D eigenvalue weighted by molar-refractivity contribution is 5.82. The fourth-order valence-electron chi connectivity index (χ4n) is 3.30. The van der Waals surface area contributed by atoms with Crippen molar-refractivity contribution < 1.29 is 14.3 Å². The summed E-state index contributed by atoms with van der Waals surface area (Å²) in [6.07, 6.45) is 2.75. The van der Waals surface area contributed by atoms with Crippen LogP contribution in [0.3, 0.4) is 0 Å². The first-order chi connectivity index (χ1) is 10.9. The molecule has 0 radical (unpaired) electrons. The molecule has 1 atom stereocenters. The van der Waals surface area contributed by atoms with Gasteiger partial charge in [0.1, 0.15) is 0 Å². The molecule has 0 spiro atoms. The van der Waals surface area contributed by atoms with Crippen LogP contribution in [0, 0.1) is 5.41 Å². The quantitative estimate of drug-likeness (QED) is 0.762. The highest BCUT2D eigenvalue weighted by atomic mass is 16.7. The van der Waals surface area contributed by atoms with E-state index in [-0.39, 0.29) is 17.4 Å². The molecule has 23 heavy (non-hydrogen) atoms. The third-order valence-corrected chi connectivity index (χ3v) is 4.56. The predicted octanol–water partition coefficient (Wildman–Crippen LogP) is 4.02. The van der Waals surface area contributed by atoms with Crippen LogP contribution >= 0.6 is 0 Å². The Hall–Kier alpha value is -1.71. The number of carbonyl (C=O) groups excluding carboxylic acids is 1. The second-order valence-corrected chi connectivity index (χ2v) is 6.97. The average Bonchev–Trinajstić information content (AvgIpc) is 2.95. The molecule has 0 saturated carbocycles. The number of hydrogen-bond donors (Lipinski definition) is 0. The van der Waals surface area contributed by atoms with Gasteiger partial charge >= 0.3 is 0 Å². The highest BCUT2D eigenvalue weighted by Gasteiger charge is 2.32. The smallest absolute Gasteiger partial charge is 0.231 e. The van der Waals surface area contributed by atoms with Crippen molar-refractivity contribution in [3.05, 3.63) is 23.8 Å². The minimum absolute atomic E-state index is 0.156. The lowest BCUT2D eigenvalue weighted by molar-refractivity contribution is -0.142. The van der Waals surface area contributed by atoms with Crippen LogP contribution in [0.15, 0.2) is 18.2 Å². The largest absolute Gasteiger partial charge is 0.454 e. The maximum Gasteiger partial charge on any atom is 0.231 e. The van der Waals surface area contributed by atoms with Crippen molar-refractivity contribution in [3.63, 3.8) is 0 Å². The van der Waals surface area contributed by atoms with E-state index in [1.165, 1.54) is 5.56 Å². The zero-order valence-corrected chi connectivity index (χ0v) is 15.0. The number of hydrogen-bond acceptors (Lipinski definition) is 3. The maximum atomic E-state index is 12.9. The van der Waals surface area contributed by atoms with Gasteiger partial charge in [-0.15, -0.1) is 0 Å². The molecule has 0 N–H and O–H groups in total. The van der Waals surface area contributed by atoms with Crippen molar-refractivity contribution in [3.8, 4) is 11.5 Å². The standard InChI is InChI=1S/C19H29NO3/c1-6-10-19(4,5)18(21)20(7-2)14(3)11-15-8-9-16-17(12-15)23-13-22-16/h8-9,12,14H,6-7,10-11,13H2,1-5H3. The summed E-state index contributed by atoms with van der Waals surface area (Å²) >= 11 is 0. The lowest BCUT2D eigenvalue weighted by Gasteiger charge is -2.35. The van der Waals surface area contributed by atoms with E-state index in [0.717, 1.165) is 37.3 Å². The van der Waals surface area contributed by atoms with Gasteiger partial charge in [0, 0.05) is 18.0 Å². The molecule has 1 aliphatic heterocycles. The molecule has 1 aromatic carbocycles. The molecule has 1 unspecified atom stereocenters. The number of carbonyl (C=O) groups is 1. The second-order valence-electron chi connectivity index (χ2n) is 6.97. The van der Waals surface area contributed by atoms with Crippen LogP contribution in [0.4, 0.5) is 0 Å². The second kappa shape index (κ2) is 7.24. The van der Waals surface area contributed by atoms with E-state index in [2.05, 4.69) is 40.7 Å². The van der Waals surface area contributed by atoms with Gasteiger partial charge in [-0.25, -0.2) is 0 Å². The number of nitrogens with zero attached hydrogens (tertiary/aromatic N) is 1. The summed E-state index contributed by atoms with van der Waals surface area (Å²) in [4.78, 5) is 14.9. The van der Waals surface area contributed by atoms with E-state index >= 15 is 0 Å². The van der Waals surface area contributed by atoms with Gasteiger partial charge in [0.2, 0.25) is 12.7 Å². The molecular formula is C19H29NO3. The molecule has 1 amide bonds. The molecule has 2 rings (SSSR count). The van der Waals surface area contributed by atoms with Gasteiger partial charge in [-0.2, -0.15) is 0 Å². The Morgan fingerprint density at radius 1 is 1.26 bits per heavy atom. The van der Waals surface area contributed by atoms with Gasteiger partial charge in [-0.3, -0.25) is 4.79 Å². The summed E-state index contributed by atoms with van der Waals surface area (Å²) in [5.74, 6) is 1.85. The summed E-state index contributed by atoms with van der Waals surface area (Å²) in [6, 6.07) is 6.18. The van der Waals surface area contributed by atoms with Gasteiger partial charge in [0.25, 0.3) is 0 Å². The van der Waals surface area contributed by atoms with Crippen LogP contribution in [0.5, 0.6) is 11.5 Å². The molecular weight excluding hydrogens is 290 g/mol. The van der Waals surface area contributed by atoms with E-state index < -0.39 is 0 Å². The van der Waals surface area contributed by atoms with Gasteiger partial charge in [-0.05, 0) is 44.4 Å². The average molecular weight is 319 g/mol. The van der Waals surface area contributed by atoms with E-state index in [0.29, 0.717) is 6.79 Å². The zero-order chi connectivity index (χ0) is 17.0. The van der Waals surface area contributed by atoms with E-state index in [1.807, 2.05) is 17.0 Å². The summed E-state index contributed by atoms with van der Waals surface area (Å²) in [6.45, 7) is 11.4. The van der Waals surface area contributed by atoms with Gasteiger partial charge in [-0.1, -0.05) is 33.3 Å². The Kier molecular flexibility index (Phi) is 5.55. The minimum Gasteiger partial charge on any atom is -0.454 e. The number of amides is 1. The molecule has 0 saturated heterocycles. The molecule has 128 valence electrons. The summed E-state index contributed by atoms with van der Waals surface area (Å²) in [7, 11) is 0. The first-order valence-corrected chi connectivity index (χ1v) is 8.58. The third kappa shape index (κ3) is 3.98. The SMILES string of the molecule is CCCC(C)(C)C(=O)N(CC)C(C)Cc1ccc2c(c1)OCO2. The monoisotopic (exact) mass is 319 g/mol. The van der Waals surface area contributed by atoms with Crippen LogP contribution in [-0.2, 0) is 11.2 Å². The van der Waals surface area contributed by atoms with Crippen molar-refractivity contribution in [1.82, 2.24) is 4.90 Å². The van der Waals surface area contributed by atoms with Crippen molar-refractivity contribution in [2.24, 2.45) is 5.41 Å². The van der Waals surface area contributed by atoms with Crippen molar-refractivity contribution in [1.29, 1.82) is 0 Å². The zero-order valence-electron chi connectivity index (χ0n) is 15.0. The predicted molar refractivity (Wildman–Crippen MR) is 91.8 cm³/mol. The molecule has 1 aliphatic rings.